The first-order valence-electron chi connectivity index (χ1n) is 7.93. The molecule has 0 aliphatic carbocycles. The van der Waals surface area contributed by atoms with Crippen LogP contribution >= 0.6 is 22.9 Å². The largest absolute Gasteiger partial charge is 0.490 e. The molecule has 0 bridgehead atoms. The quantitative estimate of drug-likeness (QED) is 0.893. The molecule has 0 saturated carbocycles. The number of benzene rings is 1. The van der Waals surface area contributed by atoms with E-state index in [0.29, 0.717) is 6.54 Å². The number of aryl methyl sites for hydroxylation is 1. The average Bonchev–Trinajstić information content (AvgIpc) is 2.98. The van der Waals surface area contributed by atoms with Gasteiger partial charge in [-0.05, 0) is 44.0 Å². The summed E-state index contributed by atoms with van der Waals surface area (Å²) in [7, 11) is 0. The maximum Gasteiger partial charge on any atom is 0.119 e. The molecule has 0 radical (unpaired) electrons. The Kier molecular flexibility index (Phi) is 5.54. The molecule has 0 amide bonds. The van der Waals surface area contributed by atoms with E-state index in [1.165, 1.54) is 4.88 Å². The topological polar surface area (TPSA) is 51.4 Å². The zero-order valence-electron chi connectivity index (χ0n) is 13.2. The highest BCUT2D eigenvalue weighted by atomic mass is 35.5. The molecule has 124 valence electrons. The van der Waals surface area contributed by atoms with Crippen molar-refractivity contribution < 1.29 is 4.74 Å². The number of likely N-dealkylation sites (tertiary alicyclic amines) is 1. The van der Waals surface area contributed by atoms with Gasteiger partial charge < -0.3 is 10.5 Å². The van der Waals surface area contributed by atoms with Gasteiger partial charge in [-0.3, -0.25) is 4.90 Å². The number of aromatic nitrogens is 1. The molecule has 23 heavy (non-hydrogen) atoms. The number of ether oxygens (including phenoxy) is 1. The van der Waals surface area contributed by atoms with Crippen molar-refractivity contribution in [3.8, 4) is 5.75 Å². The van der Waals surface area contributed by atoms with Gasteiger partial charge in [-0.25, -0.2) is 4.98 Å². The molecule has 6 heteroatoms. The fourth-order valence-corrected chi connectivity index (χ4v) is 4.14. The average molecular weight is 352 g/mol. The molecule has 2 aromatic rings. The van der Waals surface area contributed by atoms with Crippen LogP contribution in [0.5, 0.6) is 5.75 Å². The number of hydrogen-bond donors (Lipinski definition) is 1. The number of rotatable bonds is 5. The van der Waals surface area contributed by atoms with Crippen molar-refractivity contribution in [2.24, 2.45) is 5.73 Å². The van der Waals surface area contributed by atoms with Crippen LogP contribution < -0.4 is 10.5 Å². The van der Waals surface area contributed by atoms with E-state index in [-0.39, 0.29) is 12.1 Å². The third-order valence-electron chi connectivity index (χ3n) is 4.34. The van der Waals surface area contributed by atoms with Crippen molar-refractivity contribution in [1.82, 2.24) is 9.88 Å². The highest BCUT2D eigenvalue weighted by Crippen LogP contribution is 2.30. The van der Waals surface area contributed by atoms with E-state index in [0.717, 1.165) is 42.4 Å². The van der Waals surface area contributed by atoms with Gasteiger partial charge in [0.15, 0.2) is 0 Å². The van der Waals surface area contributed by atoms with Crippen molar-refractivity contribution in [3.05, 3.63) is 45.4 Å². The number of halogens is 1. The maximum absolute atomic E-state index is 6.06. The first-order valence-corrected chi connectivity index (χ1v) is 9.19. The van der Waals surface area contributed by atoms with Crippen molar-refractivity contribution in [3.63, 3.8) is 0 Å². The highest BCUT2D eigenvalue weighted by Gasteiger charge is 2.28. The van der Waals surface area contributed by atoms with Crippen molar-refractivity contribution in [2.45, 2.75) is 31.9 Å². The van der Waals surface area contributed by atoms with Crippen LogP contribution in [0.4, 0.5) is 0 Å². The van der Waals surface area contributed by atoms with Crippen LogP contribution in [0.3, 0.4) is 0 Å². The van der Waals surface area contributed by atoms with Crippen molar-refractivity contribution >= 4 is 22.9 Å². The SMILES string of the molecule is Cc1ncsc1C(CN)N1CCC(Oc2ccc(Cl)cc2)CC1. The number of nitrogens with zero attached hydrogens (tertiary/aromatic N) is 2. The Morgan fingerprint density at radius 2 is 2.04 bits per heavy atom. The zero-order chi connectivity index (χ0) is 16.2. The van der Waals surface area contributed by atoms with Crippen LogP contribution in [0.1, 0.15) is 29.5 Å². The van der Waals surface area contributed by atoms with Crippen molar-refractivity contribution in [2.75, 3.05) is 19.6 Å². The normalized spacial score (nSPS) is 18.0. The lowest BCUT2D eigenvalue weighted by Crippen LogP contribution is -2.42. The Morgan fingerprint density at radius 3 is 2.61 bits per heavy atom. The molecular weight excluding hydrogens is 330 g/mol. The summed E-state index contributed by atoms with van der Waals surface area (Å²) in [4.78, 5) is 8.12. The van der Waals surface area contributed by atoms with E-state index in [1.807, 2.05) is 29.8 Å². The monoisotopic (exact) mass is 351 g/mol. The molecular formula is C17H22ClN3OS. The van der Waals surface area contributed by atoms with Crippen LogP contribution in [-0.4, -0.2) is 35.6 Å². The highest BCUT2D eigenvalue weighted by molar-refractivity contribution is 7.09. The molecule has 1 aliphatic rings. The summed E-state index contributed by atoms with van der Waals surface area (Å²) in [6.07, 6.45) is 2.28. The van der Waals surface area contributed by atoms with Gasteiger partial charge in [-0.15, -0.1) is 11.3 Å². The summed E-state index contributed by atoms with van der Waals surface area (Å²) in [5.41, 5.74) is 9.04. The molecule has 1 saturated heterocycles. The van der Waals surface area contributed by atoms with Gasteiger partial charge in [0, 0.05) is 29.5 Å². The van der Waals surface area contributed by atoms with E-state index in [9.17, 15) is 0 Å². The summed E-state index contributed by atoms with van der Waals surface area (Å²) in [5.74, 6) is 0.890. The summed E-state index contributed by atoms with van der Waals surface area (Å²) in [5, 5.41) is 0.734. The van der Waals surface area contributed by atoms with E-state index >= 15 is 0 Å². The van der Waals surface area contributed by atoms with Gasteiger partial charge in [0.05, 0.1) is 17.2 Å². The molecule has 2 heterocycles. The lowest BCUT2D eigenvalue weighted by molar-refractivity contribution is 0.0777. The van der Waals surface area contributed by atoms with E-state index in [1.54, 1.807) is 11.3 Å². The fourth-order valence-electron chi connectivity index (χ4n) is 3.06. The minimum Gasteiger partial charge on any atom is -0.490 e. The van der Waals surface area contributed by atoms with Gasteiger partial charge in [0.2, 0.25) is 0 Å². The third-order valence-corrected chi connectivity index (χ3v) is 5.63. The molecule has 2 N–H and O–H groups in total. The fraction of sp³-hybridized carbons (Fsp3) is 0.471. The smallest absolute Gasteiger partial charge is 0.119 e. The first kappa shape index (κ1) is 16.7. The first-order chi connectivity index (χ1) is 11.2. The van der Waals surface area contributed by atoms with Gasteiger partial charge in [-0.2, -0.15) is 0 Å². The van der Waals surface area contributed by atoms with Crippen LogP contribution in [0.25, 0.3) is 0 Å². The molecule has 0 spiro atoms. The molecule has 1 atom stereocenters. The Labute approximate surface area is 146 Å². The minimum atomic E-state index is 0.258. The molecule has 1 fully saturated rings. The number of thiazole rings is 1. The summed E-state index contributed by atoms with van der Waals surface area (Å²) < 4.78 is 6.06. The van der Waals surface area contributed by atoms with Crippen molar-refractivity contribution in [1.29, 1.82) is 0 Å². The van der Waals surface area contributed by atoms with Crippen LogP contribution in [0.2, 0.25) is 5.02 Å². The minimum absolute atomic E-state index is 0.258. The number of nitrogens with two attached hydrogens (primary N) is 1. The van der Waals surface area contributed by atoms with Crippen LogP contribution in [0.15, 0.2) is 29.8 Å². The van der Waals surface area contributed by atoms with Gasteiger partial charge in [0.1, 0.15) is 11.9 Å². The van der Waals surface area contributed by atoms with E-state index in [4.69, 9.17) is 22.1 Å². The Balaban J connectivity index is 1.57. The third kappa shape index (κ3) is 4.04. The van der Waals surface area contributed by atoms with Gasteiger partial charge in [0.25, 0.3) is 0 Å². The molecule has 1 aromatic carbocycles. The Hall–Kier alpha value is -1.14. The molecule has 4 nitrogen and oxygen atoms in total. The van der Waals surface area contributed by atoms with E-state index in [2.05, 4.69) is 16.8 Å². The van der Waals surface area contributed by atoms with Gasteiger partial charge >= 0.3 is 0 Å². The Morgan fingerprint density at radius 1 is 1.35 bits per heavy atom. The molecule has 1 aromatic heterocycles. The number of hydrogen-bond acceptors (Lipinski definition) is 5. The van der Waals surface area contributed by atoms with Gasteiger partial charge in [-0.1, -0.05) is 11.6 Å². The summed E-state index contributed by atoms with van der Waals surface area (Å²) >= 11 is 7.61. The lowest BCUT2D eigenvalue weighted by Gasteiger charge is -2.36. The number of piperidine rings is 1. The van der Waals surface area contributed by atoms with Crippen LogP contribution in [-0.2, 0) is 0 Å². The molecule has 1 unspecified atom stereocenters. The predicted octanol–water partition coefficient (Wildman–Crippen LogP) is 3.65. The second-order valence-electron chi connectivity index (χ2n) is 5.86. The zero-order valence-corrected chi connectivity index (χ0v) is 14.8. The lowest BCUT2D eigenvalue weighted by atomic mass is 10.0. The molecule has 3 rings (SSSR count). The standard InChI is InChI=1S/C17H22ClN3OS/c1-12-17(23-11-20-12)16(10-19)21-8-6-15(7-9-21)22-14-4-2-13(18)3-5-14/h2-5,11,15-16H,6-10,19H2,1H3. The Bertz CT molecular complexity index is 623. The van der Waals surface area contributed by atoms with E-state index < -0.39 is 0 Å². The second-order valence-corrected chi connectivity index (χ2v) is 7.18. The van der Waals surface area contributed by atoms with Crippen LogP contribution in [0, 0.1) is 6.92 Å². The summed E-state index contributed by atoms with van der Waals surface area (Å²) in [6, 6.07) is 7.86. The molecule has 1 aliphatic heterocycles. The second kappa shape index (κ2) is 7.62. The summed E-state index contributed by atoms with van der Waals surface area (Å²) in [6.45, 7) is 4.69. The maximum atomic E-state index is 6.06. The predicted molar refractivity (Wildman–Crippen MR) is 95.3 cm³/mol.